The Hall–Kier alpha value is -1.55. The largest absolute Gasteiger partial charge is 0.352 e. The third-order valence-electron chi connectivity index (χ3n) is 3.45. The first kappa shape index (κ1) is 14.9. The number of nitrogens with zero attached hydrogens (tertiary/aromatic N) is 1. The van der Waals surface area contributed by atoms with Crippen molar-refractivity contribution in [3.8, 4) is 0 Å². The number of amides is 2. The van der Waals surface area contributed by atoms with Crippen molar-refractivity contribution in [1.82, 2.24) is 10.2 Å². The number of benzene rings is 1. The Labute approximate surface area is 124 Å². The van der Waals surface area contributed by atoms with Gasteiger partial charge in [0.15, 0.2) is 0 Å². The lowest BCUT2D eigenvalue weighted by atomic mass is 10.1. The average Bonchev–Trinajstić information content (AvgIpc) is 3.01. The fourth-order valence-corrected chi connectivity index (χ4v) is 2.43. The quantitative estimate of drug-likeness (QED) is 0.846. The first-order valence-corrected chi connectivity index (χ1v) is 7.45. The van der Waals surface area contributed by atoms with Crippen LogP contribution >= 0.6 is 11.6 Å². The summed E-state index contributed by atoms with van der Waals surface area (Å²) in [5.74, 6) is 0.410. The van der Waals surface area contributed by atoms with Crippen molar-refractivity contribution in [2.45, 2.75) is 25.1 Å². The summed E-state index contributed by atoms with van der Waals surface area (Å²) in [7, 11) is 0. The van der Waals surface area contributed by atoms with Gasteiger partial charge in [0.1, 0.15) is 0 Å². The zero-order valence-corrected chi connectivity index (χ0v) is 12.2. The number of hydrogen-bond donors (Lipinski definition) is 1. The summed E-state index contributed by atoms with van der Waals surface area (Å²) in [6, 6.07) is 7.15. The zero-order chi connectivity index (χ0) is 14.4. The van der Waals surface area contributed by atoms with Gasteiger partial charge in [-0.2, -0.15) is 0 Å². The lowest BCUT2D eigenvalue weighted by Crippen LogP contribution is -2.32. The fourth-order valence-electron chi connectivity index (χ4n) is 2.25. The topological polar surface area (TPSA) is 49.4 Å². The van der Waals surface area contributed by atoms with E-state index in [2.05, 4.69) is 5.32 Å². The Bertz CT molecular complexity index is 467. The highest BCUT2D eigenvalue weighted by Crippen LogP contribution is 2.09. The van der Waals surface area contributed by atoms with Crippen LogP contribution < -0.4 is 5.32 Å². The molecular weight excluding hydrogens is 276 g/mol. The number of halogens is 1. The summed E-state index contributed by atoms with van der Waals surface area (Å²) in [6.45, 7) is 2.09. The molecule has 0 bridgehead atoms. The van der Waals surface area contributed by atoms with Gasteiger partial charge in [-0.1, -0.05) is 12.1 Å². The predicted octanol–water partition coefficient (Wildman–Crippen LogP) is 2.17. The van der Waals surface area contributed by atoms with Crippen LogP contribution in [0.25, 0.3) is 0 Å². The van der Waals surface area contributed by atoms with Crippen LogP contribution in [0.4, 0.5) is 0 Å². The monoisotopic (exact) mass is 294 g/mol. The van der Waals surface area contributed by atoms with Crippen LogP contribution in [0.3, 0.4) is 0 Å². The van der Waals surface area contributed by atoms with Gasteiger partial charge in [0.05, 0.1) is 0 Å². The first-order chi connectivity index (χ1) is 9.70. The normalized spacial score (nSPS) is 14.3. The zero-order valence-electron chi connectivity index (χ0n) is 11.4. The molecule has 5 heteroatoms. The van der Waals surface area contributed by atoms with Crippen molar-refractivity contribution in [3.05, 3.63) is 35.4 Å². The van der Waals surface area contributed by atoms with Crippen molar-refractivity contribution >= 4 is 23.4 Å². The van der Waals surface area contributed by atoms with E-state index in [0.717, 1.165) is 31.5 Å². The van der Waals surface area contributed by atoms with Crippen LogP contribution in [0.1, 0.15) is 35.2 Å². The van der Waals surface area contributed by atoms with Gasteiger partial charge in [0.2, 0.25) is 5.91 Å². The Balaban J connectivity index is 1.75. The van der Waals surface area contributed by atoms with E-state index in [1.165, 1.54) is 0 Å². The molecule has 20 heavy (non-hydrogen) atoms. The number of hydrogen-bond acceptors (Lipinski definition) is 2. The maximum absolute atomic E-state index is 11.9. The molecule has 0 aromatic heterocycles. The van der Waals surface area contributed by atoms with Gasteiger partial charge in [-0.3, -0.25) is 9.59 Å². The van der Waals surface area contributed by atoms with E-state index < -0.39 is 0 Å². The van der Waals surface area contributed by atoms with E-state index in [9.17, 15) is 9.59 Å². The number of alkyl halides is 1. The summed E-state index contributed by atoms with van der Waals surface area (Å²) in [6.07, 6.45) is 2.54. The molecule has 1 heterocycles. The van der Waals surface area contributed by atoms with Crippen molar-refractivity contribution < 1.29 is 9.59 Å². The van der Waals surface area contributed by atoms with Gasteiger partial charge in [-0.25, -0.2) is 0 Å². The Morgan fingerprint density at radius 1 is 1.15 bits per heavy atom. The SMILES string of the molecule is O=C(NCCC(=O)N1CCCC1)c1ccc(CCl)cc1. The highest BCUT2D eigenvalue weighted by atomic mass is 35.5. The Morgan fingerprint density at radius 2 is 1.80 bits per heavy atom. The van der Waals surface area contributed by atoms with E-state index >= 15 is 0 Å². The summed E-state index contributed by atoms with van der Waals surface area (Å²) >= 11 is 5.70. The van der Waals surface area contributed by atoms with Gasteiger partial charge < -0.3 is 10.2 Å². The van der Waals surface area contributed by atoms with Crippen molar-refractivity contribution in [1.29, 1.82) is 0 Å². The van der Waals surface area contributed by atoms with Crippen LogP contribution in [0.2, 0.25) is 0 Å². The Kier molecular flexibility index (Phi) is 5.41. The highest BCUT2D eigenvalue weighted by Gasteiger charge is 2.17. The average molecular weight is 295 g/mol. The van der Waals surface area contributed by atoms with Crippen molar-refractivity contribution in [2.75, 3.05) is 19.6 Å². The van der Waals surface area contributed by atoms with Gasteiger partial charge in [0.25, 0.3) is 5.91 Å². The fraction of sp³-hybridized carbons (Fsp3) is 0.467. The number of nitrogens with one attached hydrogen (secondary N) is 1. The van der Waals surface area contributed by atoms with Crippen LogP contribution in [0.5, 0.6) is 0 Å². The molecule has 1 saturated heterocycles. The molecule has 1 aliphatic heterocycles. The van der Waals surface area contributed by atoms with E-state index in [-0.39, 0.29) is 11.8 Å². The molecule has 1 N–H and O–H groups in total. The number of carbonyl (C=O) groups is 2. The molecule has 4 nitrogen and oxygen atoms in total. The van der Waals surface area contributed by atoms with Crippen LogP contribution in [0, 0.1) is 0 Å². The third-order valence-corrected chi connectivity index (χ3v) is 3.76. The standard InChI is InChI=1S/C15H19ClN2O2/c16-11-12-3-5-13(6-4-12)15(20)17-8-7-14(19)18-9-1-2-10-18/h3-6H,1-2,7-11H2,(H,17,20). The number of rotatable bonds is 5. The summed E-state index contributed by atoms with van der Waals surface area (Å²) < 4.78 is 0. The minimum atomic E-state index is -0.152. The molecule has 0 radical (unpaired) electrons. The lowest BCUT2D eigenvalue weighted by Gasteiger charge is -2.15. The molecule has 0 atom stereocenters. The lowest BCUT2D eigenvalue weighted by molar-refractivity contribution is -0.129. The molecule has 2 rings (SSSR count). The molecule has 0 saturated carbocycles. The maximum atomic E-state index is 11.9. The van der Waals surface area contributed by atoms with Crippen LogP contribution in [-0.4, -0.2) is 36.3 Å². The number of likely N-dealkylation sites (tertiary alicyclic amines) is 1. The van der Waals surface area contributed by atoms with Gasteiger partial charge in [-0.15, -0.1) is 11.6 Å². The van der Waals surface area contributed by atoms with E-state index in [1.807, 2.05) is 17.0 Å². The smallest absolute Gasteiger partial charge is 0.251 e. The van der Waals surface area contributed by atoms with Crippen LogP contribution in [0.15, 0.2) is 24.3 Å². The molecule has 1 aromatic carbocycles. The Morgan fingerprint density at radius 3 is 2.40 bits per heavy atom. The molecule has 108 valence electrons. The van der Waals surface area contributed by atoms with E-state index in [0.29, 0.717) is 24.4 Å². The molecular formula is C15H19ClN2O2. The second-order valence-corrected chi connectivity index (χ2v) is 5.19. The molecule has 0 aliphatic carbocycles. The summed E-state index contributed by atoms with van der Waals surface area (Å²) in [4.78, 5) is 25.5. The van der Waals surface area contributed by atoms with Crippen LogP contribution in [-0.2, 0) is 10.7 Å². The molecule has 1 fully saturated rings. The van der Waals surface area contributed by atoms with Gasteiger partial charge in [0, 0.05) is 37.5 Å². The van der Waals surface area contributed by atoms with Crippen molar-refractivity contribution in [2.24, 2.45) is 0 Å². The van der Waals surface area contributed by atoms with E-state index in [1.54, 1.807) is 12.1 Å². The molecule has 0 spiro atoms. The minimum Gasteiger partial charge on any atom is -0.352 e. The van der Waals surface area contributed by atoms with Crippen molar-refractivity contribution in [3.63, 3.8) is 0 Å². The van der Waals surface area contributed by atoms with Gasteiger partial charge in [-0.05, 0) is 30.5 Å². The van der Waals surface area contributed by atoms with E-state index in [4.69, 9.17) is 11.6 Å². The highest BCUT2D eigenvalue weighted by molar-refractivity contribution is 6.17. The molecule has 1 aliphatic rings. The minimum absolute atomic E-state index is 0.125. The first-order valence-electron chi connectivity index (χ1n) is 6.91. The second-order valence-electron chi connectivity index (χ2n) is 4.92. The molecule has 0 unspecified atom stereocenters. The van der Waals surface area contributed by atoms with Gasteiger partial charge >= 0.3 is 0 Å². The molecule has 2 amide bonds. The maximum Gasteiger partial charge on any atom is 0.251 e. The third kappa shape index (κ3) is 3.97. The predicted molar refractivity (Wildman–Crippen MR) is 78.8 cm³/mol. The second kappa shape index (κ2) is 7.29. The summed E-state index contributed by atoms with van der Waals surface area (Å²) in [5, 5.41) is 2.77. The molecule has 1 aromatic rings. The summed E-state index contributed by atoms with van der Waals surface area (Å²) in [5.41, 5.74) is 1.57. The number of carbonyl (C=O) groups excluding carboxylic acids is 2.